The van der Waals surface area contributed by atoms with Crippen LogP contribution in [0.1, 0.15) is 23.8 Å². The number of nitrogens with one attached hydrogen (secondary N) is 2. The zero-order chi connectivity index (χ0) is 14.9. The van der Waals surface area contributed by atoms with E-state index in [2.05, 4.69) is 9.71 Å². The summed E-state index contributed by atoms with van der Waals surface area (Å²) in [5, 5.41) is 0.717. The van der Waals surface area contributed by atoms with Gasteiger partial charge in [-0.3, -0.25) is 4.79 Å². The maximum absolute atomic E-state index is 12.3. The van der Waals surface area contributed by atoms with Gasteiger partial charge in [-0.15, -0.1) is 0 Å². The Morgan fingerprint density at radius 3 is 2.75 bits per heavy atom. The Morgan fingerprint density at radius 2 is 2.15 bits per heavy atom. The number of fused-ring (bicyclic) bond motifs is 1. The van der Waals surface area contributed by atoms with Gasteiger partial charge in [-0.05, 0) is 24.6 Å². The van der Waals surface area contributed by atoms with Crippen LogP contribution in [0.2, 0.25) is 5.02 Å². The maximum Gasteiger partial charge on any atom is 0.266 e. The van der Waals surface area contributed by atoms with E-state index < -0.39 is 15.9 Å². The van der Waals surface area contributed by atoms with Crippen LogP contribution >= 0.6 is 11.6 Å². The summed E-state index contributed by atoms with van der Waals surface area (Å²) in [5.41, 5.74) is 5.59. The number of benzene rings is 1. The fraction of sp³-hybridized carbons (Fsp3) is 0.250. The largest absolute Gasteiger partial charge is 0.364 e. The van der Waals surface area contributed by atoms with Gasteiger partial charge in [0.05, 0.1) is 0 Å². The van der Waals surface area contributed by atoms with Crippen molar-refractivity contribution in [3.8, 4) is 0 Å². The van der Waals surface area contributed by atoms with Gasteiger partial charge in [0.15, 0.2) is 0 Å². The zero-order valence-electron chi connectivity index (χ0n) is 10.7. The van der Waals surface area contributed by atoms with Gasteiger partial charge in [-0.25, -0.2) is 13.1 Å². The van der Waals surface area contributed by atoms with Crippen molar-refractivity contribution in [2.45, 2.75) is 18.2 Å². The van der Waals surface area contributed by atoms with E-state index in [1.165, 1.54) is 6.07 Å². The Morgan fingerprint density at radius 1 is 1.45 bits per heavy atom. The van der Waals surface area contributed by atoms with Crippen LogP contribution in [0.15, 0.2) is 23.1 Å². The van der Waals surface area contributed by atoms with Crippen LogP contribution in [0.5, 0.6) is 0 Å². The predicted molar refractivity (Wildman–Crippen MR) is 77.3 cm³/mol. The molecule has 0 aliphatic carbocycles. The third-order valence-corrected chi connectivity index (χ3v) is 4.55. The van der Waals surface area contributed by atoms with Crippen LogP contribution in [0.3, 0.4) is 0 Å². The third-order valence-electron chi connectivity index (χ3n) is 2.77. The summed E-state index contributed by atoms with van der Waals surface area (Å²) in [4.78, 5) is 14.0. The number of sulfonamides is 1. The number of carbonyl (C=O) groups is 1. The molecule has 20 heavy (non-hydrogen) atoms. The molecule has 0 saturated heterocycles. The molecule has 1 amide bonds. The lowest BCUT2D eigenvalue weighted by Gasteiger charge is -2.06. The molecule has 0 saturated carbocycles. The number of rotatable bonds is 5. The van der Waals surface area contributed by atoms with Gasteiger partial charge in [0.2, 0.25) is 10.0 Å². The number of hydrogen-bond donors (Lipinski definition) is 3. The molecule has 1 heterocycles. The first kappa shape index (κ1) is 14.8. The fourth-order valence-corrected chi connectivity index (χ4v) is 3.57. The van der Waals surface area contributed by atoms with E-state index in [4.69, 9.17) is 17.3 Å². The van der Waals surface area contributed by atoms with Crippen LogP contribution in [-0.2, 0) is 10.0 Å². The first-order valence-electron chi connectivity index (χ1n) is 5.97. The number of amides is 1. The van der Waals surface area contributed by atoms with Crippen molar-refractivity contribution >= 4 is 38.4 Å². The summed E-state index contributed by atoms with van der Waals surface area (Å²) < 4.78 is 27.1. The number of H-pyrrole nitrogens is 1. The van der Waals surface area contributed by atoms with Gasteiger partial charge in [-0.2, -0.15) is 0 Å². The first-order valence-corrected chi connectivity index (χ1v) is 7.83. The number of primary amides is 1. The van der Waals surface area contributed by atoms with Crippen molar-refractivity contribution < 1.29 is 13.2 Å². The monoisotopic (exact) mass is 315 g/mol. The minimum absolute atomic E-state index is 0.147. The Kier molecular flexibility index (Phi) is 4.03. The number of nitrogens with two attached hydrogens (primary N) is 1. The summed E-state index contributed by atoms with van der Waals surface area (Å²) in [7, 11) is -3.84. The van der Waals surface area contributed by atoms with Gasteiger partial charge < -0.3 is 10.7 Å². The molecule has 108 valence electrons. The fourth-order valence-electron chi connectivity index (χ4n) is 1.90. The van der Waals surface area contributed by atoms with Crippen LogP contribution in [0.4, 0.5) is 0 Å². The normalized spacial score (nSPS) is 11.9. The molecule has 6 nitrogen and oxygen atoms in total. The van der Waals surface area contributed by atoms with E-state index in [0.717, 1.165) is 0 Å². The lowest BCUT2D eigenvalue weighted by atomic mass is 10.2. The van der Waals surface area contributed by atoms with Crippen molar-refractivity contribution in [1.29, 1.82) is 0 Å². The Labute approximate surface area is 121 Å². The third kappa shape index (κ3) is 2.65. The molecule has 2 aromatic rings. The van der Waals surface area contributed by atoms with Crippen molar-refractivity contribution in [1.82, 2.24) is 9.71 Å². The van der Waals surface area contributed by atoms with Crippen LogP contribution < -0.4 is 10.5 Å². The molecular formula is C12H14ClN3O3S. The average Bonchev–Trinajstić information content (AvgIpc) is 2.75. The number of hydrogen-bond acceptors (Lipinski definition) is 3. The molecule has 0 radical (unpaired) electrons. The molecule has 0 unspecified atom stereocenters. The van der Waals surface area contributed by atoms with Gasteiger partial charge in [0.1, 0.15) is 10.6 Å². The van der Waals surface area contributed by atoms with Gasteiger partial charge >= 0.3 is 0 Å². The molecular weight excluding hydrogens is 302 g/mol. The summed E-state index contributed by atoms with van der Waals surface area (Å²) in [5.74, 6) is -0.839. The average molecular weight is 316 g/mol. The van der Waals surface area contributed by atoms with Crippen LogP contribution in [0.25, 0.3) is 10.9 Å². The number of carbonyl (C=O) groups excluding carboxylic acids is 1. The van der Waals surface area contributed by atoms with E-state index in [-0.39, 0.29) is 17.1 Å². The molecule has 0 aliphatic heterocycles. The number of aromatic amines is 1. The lowest BCUT2D eigenvalue weighted by Crippen LogP contribution is -2.27. The topological polar surface area (TPSA) is 105 Å². The number of halogens is 1. The molecule has 0 bridgehead atoms. The molecule has 0 fully saturated rings. The summed E-state index contributed by atoms with van der Waals surface area (Å²) in [6, 6.07) is 4.68. The number of aromatic nitrogens is 1. The van der Waals surface area contributed by atoms with E-state index in [0.29, 0.717) is 22.3 Å². The quantitative estimate of drug-likeness (QED) is 0.780. The predicted octanol–water partition coefficient (Wildman–Crippen LogP) is 1.61. The molecule has 1 aromatic carbocycles. The zero-order valence-corrected chi connectivity index (χ0v) is 12.3. The highest BCUT2D eigenvalue weighted by Crippen LogP contribution is 2.29. The summed E-state index contributed by atoms with van der Waals surface area (Å²) in [6.07, 6.45) is 0.633. The Hall–Kier alpha value is -1.57. The molecule has 1 aromatic heterocycles. The molecule has 0 spiro atoms. The molecule has 0 aliphatic rings. The van der Waals surface area contributed by atoms with E-state index in [1.54, 1.807) is 12.1 Å². The smallest absolute Gasteiger partial charge is 0.266 e. The Balaban J connectivity index is 2.74. The van der Waals surface area contributed by atoms with Crippen molar-refractivity contribution in [2.75, 3.05) is 6.54 Å². The first-order chi connectivity index (χ1) is 9.36. The molecule has 2 rings (SSSR count). The van der Waals surface area contributed by atoms with Gasteiger partial charge in [0, 0.05) is 22.5 Å². The summed E-state index contributed by atoms with van der Waals surface area (Å²) >= 11 is 5.89. The Bertz CT molecular complexity index is 768. The van der Waals surface area contributed by atoms with E-state index >= 15 is 0 Å². The highest BCUT2D eigenvalue weighted by molar-refractivity contribution is 7.89. The van der Waals surface area contributed by atoms with Gasteiger partial charge in [-0.1, -0.05) is 18.5 Å². The second-order valence-corrected chi connectivity index (χ2v) is 6.42. The van der Waals surface area contributed by atoms with E-state index in [9.17, 15) is 13.2 Å². The maximum atomic E-state index is 12.3. The second kappa shape index (κ2) is 5.43. The van der Waals surface area contributed by atoms with Crippen molar-refractivity contribution in [3.05, 3.63) is 28.9 Å². The minimum atomic E-state index is -3.84. The molecule has 8 heteroatoms. The highest BCUT2D eigenvalue weighted by atomic mass is 35.5. The van der Waals surface area contributed by atoms with Crippen molar-refractivity contribution in [3.63, 3.8) is 0 Å². The lowest BCUT2D eigenvalue weighted by molar-refractivity contribution is 0.0993. The standard InChI is InChI=1S/C12H14ClN3O3S/c1-2-5-15-20(18,19)11-8-6-7(13)3-4-9(8)16-10(11)12(14)17/h3-4,6,15-16H,2,5H2,1H3,(H2,14,17). The van der Waals surface area contributed by atoms with Gasteiger partial charge in [0.25, 0.3) is 5.91 Å². The van der Waals surface area contributed by atoms with Crippen molar-refractivity contribution in [2.24, 2.45) is 5.73 Å². The van der Waals surface area contributed by atoms with Crippen LogP contribution in [-0.4, -0.2) is 25.9 Å². The highest BCUT2D eigenvalue weighted by Gasteiger charge is 2.26. The minimum Gasteiger partial charge on any atom is -0.364 e. The van der Waals surface area contributed by atoms with E-state index in [1.807, 2.05) is 6.92 Å². The summed E-state index contributed by atoms with van der Waals surface area (Å²) in [6.45, 7) is 2.11. The molecule has 4 N–H and O–H groups in total. The molecule has 0 atom stereocenters. The SMILES string of the molecule is CCCNS(=O)(=O)c1c(C(N)=O)[nH]c2ccc(Cl)cc12. The second-order valence-electron chi connectivity index (χ2n) is 4.28. The van der Waals surface area contributed by atoms with Crippen LogP contribution in [0, 0.1) is 0 Å².